The topological polar surface area (TPSA) is 69.8 Å². The number of nitrogens with zero attached hydrogens (tertiary/aromatic N) is 4. The molecule has 4 rings (SSSR count). The number of rotatable bonds is 3. The van der Waals surface area contributed by atoms with E-state index in [-0.39, 0.29) is 17.5 Å². The molecule has 0 atom stereocenters. The van der Waals surface area contributed by atoms with Crippen molar-refractivity contribution in [2.75, 3.05) is 11.5 Å². The molecule has 0 N–H and O–H groups in total. The zero-order valence-electron chi connectivity index (χ0n) is 13.1. The molecule has 1 aliphatic heterocycles. The third-order valence-electron chi connectivity index (χ3n) is 4.51. The van der Waals surface area contributed by atoms with E-state index in [1.807, 2.05) is 41.2 Å². The summed E-state index contributed by atoms with van der Waals surface area (Å²) in [6.07, 6.45) is 10.4. The second-order valence-electron chi connectivity index (χ2n) is 6.06. The van der Waals surface area contributed by atoms with Crippen molar-refractivity contribution in [2.24, 2.45) is 0 Å². The predicted molar refractivity (Wildman–Crippen MR) is 91.7 cm³/mol. The van der Waals surface area contributed by atoms with Gasteiger partial charge < -0.3 is 9.13 Å². The van der Waals surface area contributed by atoms with Crippen LogP contribution in [0.1, 0.15) is 18.9 Å². The van der Waals surface area contributed by atoms with Crippen LogP contribution in [0.4, 0.5) is 0 Å². The van der Waals surface area contributed by atoms with Crippen LogP contribution >= 0.6 is 0 Å². The summed E-state index contributed by atoms with van der Waals surface area (Å²) in [5, 5.41) is 0. The van der Waals surface area contributed by atoms with Gasteiger partial charge in [0.25, 0.3) is 0 Å². The van der Waals surface area contributed by atoms with E-state index in [1.165, 1.54) is 0 Å². The van der Waals surface area contributed by atoms with Gasteiger partial charge in [-0.05, 0) is 37.1 Å². The van der Waals surface area contributed by atoms with E-state index < -0.39 is 9.84 Å². The smallest absolute Gasteiger partial charge is 0.150 e. The number of hydrogen-bond donors (Lipinski definition) is 0. The van der Waals surface area contributed by atoms with E-state index in [0.29, 0.717) is 12.8 Å². The lowest BCUT2D eigenvalue weighted by Gasteiger charge is -2.25. The van der Waals surface area contributed by atoms with Crippen LogP contribution in [-0.2, 0) is 9.84 Å². The van der Waals surface area contributed by atoms with Gasteiger partial charge in [0.05, 0.1) is 17.8 Å². The minimum atomic E-state index is -2.86. The third-order valence-corrected chi connectivity index (χ3v) is 6.23. The lowest BCUT2D eigenvalue weighted by molar-refractivity contribution is 0.453. The fourth-order valence-corrected chi connectivity index (χ4v) is 4.65. The molecule has 6 nitrogen and oxygen atoms in total. The van der Waals surface area contributed by atoms with Crippen molar-refractivity contribution in [1.82, 2.24) is 19.1 Å². The van der Waals surface area contributed by atoms with Gasteiger partial charge in [-0.2, -0.15) is 0 Å². The van der Waals surface area contributed by atoms with Gasteiger partial charge in [-0.25, -0.2) is 18.4 Å². The fourth-order valence-electron chi connectivity index (χ4n) is 3.18. The Morgan fingerprint density at radius 1 is 1.00 bits per heavy atom. The highest BCUT2D eigenvalue weighted by Gasteiger charge is 2.26. The van der Waals surface area contributed by atoms with Gasteiger partial charge in [0.1, 0.15) is 15.7 Å². The molecule has 0 spiro atoms. The molecule has 2 aromatic heterocycles. The summed E-state index contributed by atoms with van der Waals surface area (Å²) >= 11 is 0. The Labute approximate surface area is 140 Å². The molecule has 0 bridgehead atoms. The van der Waals surface area contributed by atoms with Gasteiger partial charge in [-0.15, -0.1) is 0 Å². The fraction of sp³-hybridized carbons (Fsp3) is 0.294. The Hall–Kier alpha value is -2.41. The van der Waals surface area contributed by atoms with Crippen molar-refractivity contribution in [1.29, 1.82) is 0 Å². The summed E-state index contributed by atoms with van der Waals surface area (Å²) in [6.45, 7) is 0. The van der Waals surface area contributed by atoms with E-state index in [9.17, 15) is 8.42 Å². The summed E-state index contributed by atoms with van der Waals surface area (Å²) in [5.41, 5.74) is 2.07. The molecule has 0 aliphatic carbocycles. The Morgan fingerprint density at radius 2 is 1.75 bits per heavy atom. The lowest BCUT2D eigenvalue weighted by atomic mass is 10.1. The van der Waals surface area contributed by atoms with Crippen LogP contribution in [0.3, 0.4) is 0 Å². The molecule has 0 radical (unpaired) electrons. The van der Waals surface area contributed by atoms with Gasteiger partial charge >= 0.3 is 0 Å². The standard InChI is InChI=1S/C17H18N4O2S/c22-24(23)11-5-16(6-12-24)21-10-8-19-17(21)14-1-3-15(4-2-14)20-9-7-18-13-20/h1-4,7-10,13,16H,5-6,11-12H2. The van der Waals surface area contributed by atoms with Crippen LogP contribution < -0.4 is 0 Å². The van der Waals surface area contributed by atoms with E-state index in [0.717, 1.165) is 17.1 Å². The zero-order chi connectivity index (χ0) is 16.6. The molecule has 3 heterocycles. The number of imidazole rings is 2. The SMILES string of the molecule is O=S1(=O)CCC(n2ccnc2-c2ccc(-n3ccnc3)cc2)CC1. The summed E-state index contributed by atoms with van der Waals surface area (Å²) < 4.78 is 27.3. The molecular weight excluding hydrogens is 324 g/mol. The van der Waals surface area contributed by atoms with E-state index in [4.69, 9.17) is 0 Å². The molecule has 124 valence electrons. The first-order valence-corrected chi connectivity index (χ1v) is 9.76. The highest BCUT2D eigenvalue weighted by atomic mass is 32.2. The first-order valence-electron chi connectivity index (χ1n) is 7.94. The molecule has 24 heavy (non-hydrogen) atoms. The van der Waals surface area contributed by atoms with E-state index >= 15 is 0 Å². The molecule has 0 unspecified atom stereocenters. The van der Waals surface area contributed by atoms with Crippen LogP contribution in [0.25, 0.3) is 17.1 Å². The largest absolute Gasteiger partial charge is 0.328 e. The molecule has 0 saturated carbocycles. The molecule has 1 saturated heterocycles. The molecule has 1 aromatic carbocycles. The van der Waals surface area contributed by atoms with Crippen LogP contribution in [0.5, 0.6) is 0 Å². The summed E-state index contributed by atoms with van der Waals surface area (Å²) in [5.74, 6) is 1.40. The zero-order valence-corrected chi connectivity index (χ0v) is 13.9. The molecular formula is C17H18N4O2S. The molecule has 1 aliphatic rings. The van der Waals surface area contributed by atoms with Gasteiger partial charge in [0, 0.05) is 42.1 Å². The van der Waals surface area contributed by atoms with Crippen molar-refractivity contribution in [3.8, 4) is 17.1 Å². The lowest BCUT2D eigenvalue weighted by Crippen LogP contribution is -2.25. The Kier molecular flexibility index (Phi) is 3.72. The monoisotopic (exact) mass is 342 g/mol. The first kappa shape index (κ1) is 15.1. The van der Waals surface area contributed by atoms with Crippen molar-refractivity contribution in [2.45, 2.75) is 18.9 Å². The molecule has 1 fully saturated rings. The highest BCUT2D eigenvalue weighted by molar-refractivity contribution is 7.91. The Morgan fingerprint density at radius 3 is 2.42 bits per heavy atom. The second kappa shape index (κ2) is 5.90. The van der Waals surface area contributed by atoms with E-state index in [2.05, 4.69) is 14.5 Å². The first-order chi connectivity index (χ1) is 11.6. The number of benzene rings is 1. The van der Waals surface area contributed by atoms with Crippen LogP contribution in [-0.4, -0.2) is 39.0 Å². The van der Waals surface area contributed by atoms with Crippen molar-refractivity contribution < 1.29 is 8.42 Å². The average Bonchev–Trinajstić information content (AvgIpc) is 3.27. The molecule has 3 aromatic rings. The predicted octanol–water partition coefficient (Wildman–Crippen LogP) is 2.49. The van der Waals surface area contributed by atoms with Crippen LogP contribution in [0, 0.1) is 0 Å². The van der Waals surface area contributed by atoms with Crippen LogP contribution in [0.2, 0.25) is 0 Å². The van der Waals surface area contributed by atoms with Crippen molar-refractivity contribution in [3.63, 3.8) is 0 Å². The molecule has 0 amide bonds. The van der Waals surface area contributed by atoms with Crippen molar-refractivity contribution in [3.05, 3.63) is 55.4 Å². The third kappa shape index (κ3) is 2.87. The van der Waals surface area contributed by atoms with Gasteiger partial charge in [-0.3, -0.25) is 0 Å². The second-order valence-corrected chi connectivity index (χ2v) is 8.36. The highest BCUT2D eigenvalue weighted by Crippen LogP contribution is 2.29. The van der Waals surface area contributed by atoms with Gasteiger partial charge in [0.2, 0.25) is 0 Å². The van der Waals surface area contributed by atoms with Crippen LogP contribution in [0.15, 0.2) is 55.4 Å². The minimum Gasteiger partial charge on any atom is -0.328 e. The van der Waals surface area contributed by atoms with Crippen molar-refractivity contribution >= 4 is 9.84 Å². The summed E-state index contributed by atoms with van der Waals surface area (Å²) in [6, 6.07) is 8.32. The quantitative estimate of drug-likeness (QED) is 0.733. The normalized spacial score (nSPS) is 17.8. The maximum Gasteiger partial charge on any atom is 0.150 e. The Bertz CT molecular complexity index is 913. The summed E-state index contributed by atoms with van der Waals surface area (Å²) in [7, 11) is -2.86. The Balaban J connectivity index is 1.61. The number of aromatic nitrogens is 4. The maximum atomic E-state index is 11.6. The average molecular weight is 342 g/mol. The number of hydrogen-bond acceptors (Lipinski definition) is 4. The molecule has 7 heteroatoms. The summed E-state index contributed by atoms with van der Waals surface area (Å²) in [4.78, 5) is 8.54. The maximum absolute atomic E-state index is 11.6. The van der Waals surface area contributed by atoms with Gasteiger partial charge in [-0.1, -0.05) is 0 Å². The van der Waals surface area contributed by atoms with Gasteiger partial charge in [0.15, 0.2) is 0 Å². The van der Waals surface area contributed by atoms with E-state index in [1.54, 1.807) is 18.7 Å². The minimum absolute atomic E-state index is 0.194. The number of sulfone groups is 1.